The van der Waals surface area contributed by atoms with Gasteiger partial charge in [0.1, 0.15) is 17.0 Å². The first-order valence-electron chi connectivity index (χ1n) is 11.0. The summed E-state index contributed by atoms with van der Waals surface area (Å²) in [5, 5.41) is 10.8. The van der Waals surface area contributed by atoms with Crippen molar-refractivity contribution in [2.45, 2.75) is 19.9 Å². The predicted molar refractivity (Wildman–Crippen MR) is 128 cm³/mol. The van der Waals surface area contributed by atoms with Crippen LogP contribution in [0.15, 0.2) is 48.8 Å². The maximum atomic E-state index is 12.0. The number of aromatic nitrogens is 4. The number of hydrogen-bond acceptors (Lipinski definition) is 6. The summed E-state index contributed by atoms with van der Waals surface area (Å²) in [5.74, 6) is 0.780. The van der Waals surface area contributed by atoms with Gasteiger partial charge in [-0.1, -0.05) is 12.1 Å². The van der Waals surface area contributed by atoms with E-state index < -0.39 is 0 Å². The van der Waals surface area contributed by atoms with E-state index in [0.717, 1.165) is 51.3 Å². The molecule has 8 heteroatoms. The lowest BCUT2D eigenvalue weighted by Crippen LogP contribution is -2.44. The van der Waals surface area contributed by atoms with Gasteiger partial charge < -0.3 is 15.0 Å². The minimum atomic E-state index is -0.106. The quantitative estimate of drug-likeness (QED) is 0.502. The summed E-state index contributed by atoms with van der Waals surface area (Å²) in [7, 11) is 1.63. The van der Waals surface area contributed by atoms with E-state index in [4.69, 9.17) is 14.7 Å². The van der Waals surface area contributed by atoms with Gasteiger partial charge in [0.2, 0.25) is 0 Å². The second kappa shape index (κ2) is 8.63. The Morgan fingerprint density at radius 1 is 1.24 bits per heavy atom. The van der Waals surface area contributed by atoms with Crippen LogP contribution >= 0.6 is 0 Å². The molecule has 1 amide bonds. The second-order valence-electron chi connectivity index (χ2n) is 8.29. The molecule has 1 unspecified atom stereocenters. The van der Waals surface area contributed by atoms with Crippen LogP contribution in [-0.2, 0) is 4.74 Å². The molecular weight excluding hydrogens is 416 g/mol. The van der Waals surface area contributed by atoms with Gasteiger partial charge in [-0.15, -0.1) is 0 Å². The standard InChI is InChI=1S/C25H26N6O2/c1-15-13-27-23(20-8-9-28-30-20)24-22(15)19(17-4-6-18(7-5-17)25(32)26-3)12-21(29-24)31-10-11-33-14-16(31)2/h4-9,12-13,16H,10-11,14H2,1-3H3,(H,26,32)(H,28,30). The molecule has 1 aliphatic rings. The lowest BCUT2D eigenvalue weighted by molar-refractivity contribution is 0.0963. The van der Waals surface area contributed by atoms with E-state index in [1.165, 1.54) is 0 Å². The monoisotopic (exact) mass is 442 g/mol. The highest BCUT2D eigenvalue weighted by molar-refractivity contribution is 6.04. The number of H-pyrrole nitrogens is 1. The number of aryl methyl sites for hydroxylation is 1. The number of carbonyl (C=O) groups is 1. The van der Waals surface area contributed by atoms with Crippen LogP contribution in [0.25, 0.3) is 33.4 Å². The number of nitrogens with zero attached hydrogens (tertiary/aromatic N) is 4. The largest absolute Gasteiger partial charge is 0.377 e. The van der Waals surface area contributed by atoms with Crippen LogP contribution in [-0.4, -0.2) is 58.9 Å². The van der Waals surface area contributed by atoms with Crippen molar-refractivity contribution in [1.82, 2.24) is 25.5 Å². The minimum Gasteiger partial charge on any atom is -0.377 e. The lowest BCUT2D eigenvalue weighted by Gasteiger charge is -2.34. The number of morpholine rings is 1. The Balaban J connectivity index is 1.76. The molecule has 0 aliphatic carbocycles. The fourth-order valence-corrected chi connectivity index (χ4v) is 4.36. The SMILES string of the molecule is CNC(=O)c1ccc(-c2cc(N3CCOCC3C)nc3c(-c4ccn[nH]4)ncc(C)c23)cc1. The molecule has 1 aliphatic heterocycles. The Bertz CT molecular complexity index is 1300. The normalized spacial score (nSPS) is 16.2. The Labute approximate surface area is 192 Å². The summed E-state index contributed by atoms with van der Waals surface area (Å²) >= 11 is 0. The topological polar surface area (TPSA) is 96.0 Å². The molecule has 168 valence electrons. The molecule has 2 N–H and O–H groups in total. The van der Waals surface area contributed by atoms with Crippen molar-refractivity contribution >= 4 is 22.6 Å². The van der Waals surface area contributed by atoms with Crippen molar-refractivity contribution in [1.29, 1.82) is 0 Å². The average molecular weight is 443 g/mol. The predicted octanol–water partition coefficient (Wildman–Crippen LogP) is 3.58. The highest BCUT2D eigenvalue weighted by atomic mass is 16.5. The van der Waals surface area contributed by atoms with E-state index >= 15 is 0 Å². The van der Waals surface area contributed by atoms with Crippen molar-refractivity contribution < 1.29 is 9.53 Å². The van der Waals surface area contributed by atoms with Crippen molar-refractivity contribution in [3.05, 3.63) is 59.9 Å². The molecule has 1 atom stereocenters. The first kappa shape index (κ1) is 21.1. The van der Waals surface area contributed by atoms with E-state index in [-0.39, 0.29) is 11.9 Å². The number of aromatic amines is 1. The summed E-state index contributed by atoms with van der Waals surface area (Å²) < 4.78 is 5.65. The molecular formula is C25H26N6O2. The van der Waals surface area contributed by atoms with E-state index in [1.807, 2.05) is 43.5 Å². The highest BCUT2D eigenvalue weighted by Crippen LogP contribution is 2.37. The maximum absolute atomic E-state index is 12.0. The van der Waals surface area contributed by atoms with Crippen LogP contribution in [0, 0.1) is 6.92 Å². The van der Waals surface area contributed by atoms with E-state index in [2.05, 4.69) is 33.4 Å². The van der Waals surface area contributed by atoms with Crippen molar-refractivity contribution in [2.24, 2.45) is 0 Å². The number of rotatable bonds is 4. The van der Waals surface area contributed by atoms with E-state index in [0.29, 0.717) is 18.8 Å². The third kappa shape index (κ3) is 3.82. The summed E-state index contributed by atoms with van der Waals surface area (Å²) in [6.07, 6.45) is 3.59. The number of anilines is 1. The summed E-state index contributed by atoms with van der Waals surface area (Å²) in [4.78, 5) is 24.1. The van der Waals surface area contributed by atoms with Crippen molar-refractivity contribution in [3.63, 3.8) is 0 Å². The minimum absolute atomic E-state index is 0.106. The van der Waals surface area contributed by atoms with E-state index in [9.17, 15) is 4.79 Å². The van der Waals surface area contributed by atoms with Gasteiger partial charge in [0.15, 0.2) is 0 Å². The molecule has 0 bridgehead atoms. The van der Waals surface area contributed by atoms with Gasteiger partial charge >= 0.3 is 0 Å². The van der Waals surface area contributed by atoms with Gasteiger partial charge in [-0.2, -0.15) is 5.10 Å². The lowest BCUT2D eigenvalue weighted by atomic mass is 9.96. The molecule has 0 spiro atoms. The molecule has 3 aromatic heterocycles. The van der Waals surface area contributed by atoms with Crippen LogP contribution in [0.4, 0.5) is 5.82 Å². The molecule has 8 nitrogen and oxygen atoms in total. The molecule has 33 heavy (non-hydrogen) atoms. The number of benzene rings is 1. The number of pyridine rings is 2. The van der Waals surface area contributed by atoms with Crippen LogP contribution in [0.3, 0.4) is 0 Å². The highest BCUT2D eigenvalue weighted by Gasteiger charge is 2.24. The van der Waals surface area contributed by atoms with Crippen molar-refractivity contribution in [2.75, 3.05) is 31.7 Å². The number of nitrogens with one attached hydrogen (secondary N) is 2. The van der Waals surface area contributed by atoms with Crippen LogP contribution in [0.5, 0.6) is 0 Å². The Morgan fingerprint density at radius 3 is 2.76 bits per heavy atom. The van der Waals surface area contributed by atoms with Gasteiger partial charge in [-0.05, 0) is 54.8 Å². The summed E-state index contributed by atoms with van der Waals surface area (Å²) in [5.41, 5.74) is 6.13. The smallest absolute Gasteiger partial charge is 0.251 e. The van der Waals surface area contributed by atoms with Crippen LogP contribution in [0.1, 0.15) is 22.8 Å². The molecule has 0 saturated carbocycles. The Morgan fingerprint density at radius 2 is 2.06 bits per heavy atom. The third-order valence-corrected chi connectivity index (χ3v) is 6.11. The van der Waals surface area contributed by atoms with Gasteiger partial charge in [0.25, 0.3) is 5.91 Å². The molecule has 1 saturated heterocycles. The van der Waals surface area contributed by atoms with Crippen molar-refractivity contribution in [3.8, 4) is 22.5 Å². The fourth-order valence-electron chi connectivity index (χ4n) is 4.36. The first-order chi connectivity index (χ1) is 16.1. The molecule has 4 heterocycles. The van der Waals surface area contributed by atoms with Gasteiger partial charge in [0.05, 0.1) is 24.9 Å². The zero-order chi connectivity index (χ0) is 22.9. The number of carbonyl (C=O) groups excluding carboxylic acids is 1. The first-order valence-corrected chi connectivity index (χ1v) is 11.0. The van der Waals surface area contributed by atoms with E-state index in [1.54, 1.807) is 13.2 Å². The number of fused-ring (bicyclic) bond motifs is 1. The molecule has 5 rings (SSSR count). The van der Waals surface area contributed by atoms with Gasteiger partial charge in [-0.25, -0.2) is 4.98 Å². The molecule has 1 fully saturated rings. The molecule has 4 aromatic rings. The van der Waals surface area contributed by atoms with Gasteiger partial charge in [-0.3, -0.25) is 14.9 Å². The number of amides is 1. The average Bonchev–Trinajstić information content (AvgIpc) is 3.38. The zero-order valence-electron chi connectivity index (χ0n) is 18.9. The Hall–Kier alpha value is -3.78. The zero-order valence-corrected chi connectivity index (χ0v) is 18.9. The Kier molecular flexibility index (Phi) is 5.51. The molecule has 0 radical (unpaired) electrons. The maximum Gasteiger partial charge on any atom is 0.251 e. The fraction of sp³-hybridized carbons (Fsp3) is 0.280. The third-order valence-electron chi connectivity index (χ3n) is 6.11. The van der Waals surface area contributed by atoms with Gasteiger partial charge in [0, 0.05) is 36.9 Å². The van der Waals surface area contributed by atoms with Crippen LogP contribution in [0.2, 0.25) is 0 Å². The molecule has 1 aromatic carbocycles. The number of ether oxygens (including phenoxy) is 1. The summed E-state index contributed by atoms with van der Waals surface area (Å²) in [6.45, 7) is 6.29. The summed E-state index contributed by atoms with van der Waals surface area (Å²) in [6, 6.07) is 11.9. The second-order valence-corrected chi connectivity index (χ2v) is 8.29. The van der Waals surface area contributed by atoms with Crippen LogP contribution < -0.4 is 10.2 Å². The number of hydrogen-bond donors (Lipinski definition) is 2.